The lowest BCUT2D eigenvalue weighted by Gasteiger charge is -2.22. The van der Waals surface area contributed by atoms with Gasteiger partial charge in [0.2, 0.25) is 0 Å². The summed E-state index contributed by atoms with van der Waals surface area (Å²) in [6.07, 6.45) is -4.42. The molecule has 0 spiro atoms. The zero-order valence-corrected chi connectivity index (χ0v) is 17.4. The maximum Gasteiger partial charge on any atom is 0.416 e. The van der Waals surface area contributed by atoms with E-state index in [1.54, 1.807) is 6.07 Å². The number of nitrogens with zero attached hydrogens (tertiary/aromatic N) is 1. The van der Waals surface area contributed by atoms with Crippen molar-refractivity contribution in [3.8, 4) is 5.75 Å². The average Bonchev–Trinajstić information content (AvgIpc) is 3.20. The lowest BCUT2D eigenvalue weighted by atomic mass is 9.92. The molecule has 0 radical (unpaired) electrons. The van der Waals surface area contributed by atoms with Crippen molar-refractivity contribution in [3.05, 3.63) is 102 Å². The third-order valence-electron chi connectivity index (χ3n) is 5.37. The predicted octanol–water partition coefficient (Wildman–Crippen LogP) is 7.38. The Morgan fingerprint density at radius 1 is 0.844 bits per heavy atom. The van der Waals surface area contributed by atoms with E-state index in [1.807, 2.05) is 54.6 Å². The van der Waals surface area contributed by atoms with Gasteiger partial charge in [0.25, 0.3) is 0 Å². The second-order valence-corrected chi connectivity index (χ2v) is 8.43. The number of para-hydroxylation sites is 1. The highest BCUT2D eigenvalue weighted by molar-refractivity contribution is 7.22. The van der Waals surface area contributed by atoms with Gasteiger partial charge in [0.05, 0.1) is 21.8 Å². The first-order chi connectivity index (χ1) is 15.4. The van der Waals surface area contributed by atoms with E-state index < -0.39 is 17.8 Å². The van der Waals surface area contributed by atoms with Crippen LogP contribution in [0.15, 0.2) is 84.9 Å². The number of nitrogens with one attached hydrogen (secondary N) is 1. The standard InChI is InChI=1S/C25H17F3N2OS/c26-25(27,28)17-12-9-16(10-13-17)23(30-24-29-19-7-3-4-8-21(19)32-24)22-18-6-2-1-5-15(18)11-14-20(22)31/h1-14,23,31H,(H,29,30). The monoisotopic (exact) mass is 450 g/mol. The van der Waals surface area contributed by atoms with Crippen LogP contribution in [0.1, 0.15) is 22.7 Å². The lowest BCUT2D eigenvalue weighted by molar-refractivity contribution is -0.137. The summed E-state index contributed by atoms with van der Waals surface area (Å²) in [5, 5.41) is 16.5. The van der Waals surface area contributed by atoms with Crippen LogP contribution in [-0.2, 0) is 6.18 Å². The van der Waals surface area contributed by atoms with Crippen LogP contribution < -0.4 is 5.32 Å². The van der Waals surface area contributed by atoms with Gasteiger partial charge in [-0.15, -0.1) is 0 Å². The van der Waals surface area contributed by atoms with Crippen molar-refractivity contribution in [1.82, 2.24) is 4.98 Å². The van der Waals surface area contributed by atoms with Gasteiger partial charge in [-0.2, -0.15) is 13.2 Å². The normalized spacial score (nSPS) is 12.8. The second-order valence-electron chi connectivity index (χ2n) is 7.40. The number of thiazole rings is 1. The van der Waals surface area contributed by atoms with Gasteiger partial charge in [-0.05, 0) is 46.7 Å². The first kappa shape index (κ1) is 20.3. The zero-order chi connectivity index (χ0) is 22.3. The Kier molecular flexibility index (Phi) is 4.98. The Bertz CT molecular complexity index is 1380. The molecule has 0 amide bonds. The SMILES string of the molecule is Oc1ccc2ccccc2c1C(Nc1nc2ccccc2s1)c1ccc(C(F)(F)F)cc1. The minimum atomic E-state index is -4.42. The van der Waals surface area contributed by atoms with Crippen molar-refractivity contribution in [3.63, 3.8) is 0 Å². The Morgan fingerprint density at radius 3 is 2.31 bits per heavy atom. The predicted molar refractivity (Wildman–Crippen MR) is 122 cm³/mol. The first-order valence-corrected chi connectivity index (χ1v) is 10.7. The topological polar surface area (TPSA) is 45.1 Å². The molecule has 5 aromatic rings. The highest BCUT2D eigenvalue weighted by Gasteiger charge is 2.31. The molecule has 0 aliphatic heterocycles. The number of alkyl halides is 3. The Morgan fingerprint density at radius 2 is 1.56 bits per heavy atom. The van der Waals surface area contributed by atoms with E-state index in [2.05, 4.69) is 10.3 Å². The highest BCUT2D eigenvalue weighted by atomic mass is 32.1. The molecule has 0 aliphatic rings. The molecule has 1 unspecified atom stereocenters. The molecule has 32 heavy (non-hydrogen) atoms. The van der Waals surface area contributed by atoms with E-state index in [4.69, 9.17) is 0 Å². The molecule has 1 aromatic heterocycles. The van der Waals surface area contributed by atoms with Crippen LogP contribution in [0.5, 0.6) is 5.75 Å². The van der Waals surface area contributed by atoms with Crippen LogP contribution in [0, 0.1) is 0 Å². The number of hydrogen-bond donors (Lipinski definition) is 2. The van der Waals surface area contributed by atoms with Crippen molar-refractivity contribution in [1.29, 1.82) is 0 Å². The van der Waals surface area contributed by atoms with Crippen LogP contribution >= 0.6 is 11.3 Å². The minimum absolute atomic E-state index is 0.0576. The van der Waals surface area contributed by atoms with Crippen molar-refractivity contribution in [2.45, 2.75) is 12.2 Å². The van der Waals surface area contributed by atoms with Crippen LogP contribution in [-0.4, -0.2) is 10.1 Å². The molecular weight excluding hydrogens is 433 g/mol. The summed E-state index contributed by atoms with van der Waals surface area (Å²) in [6.45, 7) is 0. The average molecular weight is 450 g/mol. The molecule has 4 aromatic carbocycles. The lowest BCUT2D eigenvalue weighted by Crippen LogP contribution is -2.14. The summed E-state index contributed by atoms with van der Waals surface area (Å²) in [5.41, 5.74) is 1.28. The molecule has 1 heterocycles. The fourth-order valence-electron chi connectivity index (χ4n) is 3.83. The van der Waals surface area contributed by atoms with Gasteiger partial charge in [-0.25, -0.2) is 4.98 Å². The number of anilines is 1. The molecular formula is C25H17F3N2OS. The van der Waals surface area contributed by atoms with E-state index in [1.165, 1.54) is 23.5 Å². The molecule has 160 valence electrons. The number of fused-ring (bicyclic) bond motifs is 2. The summed E-state index contributed by atoms with van der Waals surface area (Å²) < 4.78 is 40.3. The molecule has 2 N–H and O–H groups in total. The number of aromatic nitrogens is 1. The van der Waals surface area contributed by atoms with Gasteiger partial charge < -0.3 is 10.4 Å². The maximum absolute atomic E-state index is 13.1. The summed E-state index contributed by atoms with van der Waals surface area (Å²) in [6, 6.07) is 23.1. The number of halogens is 3. The van der Waals surface area contributed by atoms with Crippen molar-refractivity contribution >= 4 is 37.5 Å². The van der Waals surface area contributed by atoms with Gasteiger partial charge in [-0.1, -0.05) is 65.9 Å². The molecule has 0 bridgehead atoms. The minimum Gasteiger partial charge on any atom is -0.508 e. The van der Waals surface area contributed by atoms with Crippen LogP contribution in [0.4, 0.5) is 18.3 Å². The summed E-state index contributed by atoms with van der Waals surface area (Å²) >= 11 is 1.45. The van der Waals surface area contributed by atoms with E-state index in [9.17, 15) is 18.3 Å². The highest BCUT2D eigenvalue weighted by Crippen LogP contribution is 2.40. The second kappa shape index (κ2) is 7.84. The third-order valence-corrected chi connectivity index (χ3v) is 6.34. The van der Waals surface area contributed by atoms with Gasteiger partial charge in [0, 0.05) is 5.56 Å². The van der Waals surface area contributed by atoms with E-state index >= 15 is 0 Å². The third kappa shape index (κ3) is 3.76. The molecule has 0 saturated carbocycles. The largest absolute Gasteiger partial charge is 0.508 e. The van der Waals surface area contributed by atoms with Gasteiger partial charge in [0.1, 0.15) is 5.75 Å². The van der Waals surface area contributed by atoms with Crippen molar-refractivity contribution in [2.75, 3.05) is 5.32 Å². The number of phenols is 1. The fraction of sp³-hybridized carbons (Fsp3) is 0.0800. The quantitative estimate of drug-likeness (QED) is 0.300. The molecule has 0 saturated heterocycles. The van der Waals surface area contributed by atoms with Crippen LogP contribution in [0.2, 0.25) is 0 Å². The van der Waals surface area contributed by atoms with E-state index in [0.29, 0.717) is 16.3 Å². The summed E-state index contributed by atoms with van der Waals surface area (Å²) in [4.78, 5) is 4.62. The number of phenolic OH excluding ortho intramolecular Hbond substituents is 1. The van der Waals surface area contributed by atoms with Gasteiger partial charge in [-0.3, -0.25) is 0 Å². The van der Waals surface area contributed by atoms with Gasteiger partial charge in [0.15, 0.2) is 5.13 Å². The number of benzene rings is 4. The maximum atomic E-state index is 13.1. The first-order valence-electron chi connectivity index (χ1n) is 9.90. The molecule has 0 fully saturated rings. The van der Waals surface area contributed by atoms with E-state index in [-0.39, 0.29) is 5.75 Å². The van der Waals surface area contributed by atoms with Crippen LogP contribution in [0.3, 0.4) is 0 Å². The molecule has 7 heteroatoms. The van der Waals surface area contributed by atoms with Crippen molar-refractivity contribution < 1.29 is 18.3 Å². The summed E-state index contributed by atoms with van der Waals surface area (Å²) in [5.74, 6) is 0.0576. The fourth-order valence-corrected chi connectivity index (χ4v) is 4.73. The number of rotatable bonds is 4. The molecule has 3 nitrogen and oxygen atoms in total. The Balaban J connectivity index is 1.66. The molecule has 1 atom stereocenters. The number of aromatic hydroxyl groups is 1. The van der Waals surface area contributed by atoms with Gasteiger partial charge >= 0.3 is 6.18 Å². The van der Waals surface area contributed by atoms with E-state index in [0.717, 1.165) is 33.1 Å². The van der Waals surface area contributed by atoms with Crippen LogP contribution in [0.25, 0.3) is 21.0 Å². The Hall–Kier alpha value is -3.58. The molecule has 5 rings (SSSR count). The summed E-state index contributed by atoms with van der Waals surface area (Å²) in [7, 11) is 0. The van der Waals surface area contributed by atoms with Crippen molar-refractivity contribution in [2.24, 2.45) is 0 Å². The zero-order valence-electron chi connectivity index (χ0n) is 16.6. The number of hydrogen-bond acceptors (Lipinski definition) is 4. The smallest absolute Gasteiger partial charge is 0.416 e. The Labute approximate surface area is 185 Å². The molecule has 0 aliphatic carbocycles.